The average Bonchev–Trinajstić information content (AvgIpc) is 3.35. The number of nitrogens with one attached hydrogen (secondary N) is 1. The molecule has 6 heteroatoms. The molecule has 1 amide bonds. The molecule has 1 aliphatic rings. The van der Waals surface area contributed by atoms with Gasteiger partial charge in [-0.05, 0) is 38.0 Å². The van der Waals surface area contributed by atoms with E-state index in [2.05, 4.69) is 15.4 Å². The second kappa shape index (κ2) is 5.15. The fraction of sp³-hybridized carbons (Fsp3) is 0.294. The summed E-state index contributed by atoms with van der Waals surface area (Å²) in [7, 11) is 1.86. The van der Waals surface area contributed by atoms with Gasteiger partial charge >= 0.3 is 0 Å². The van der Waals surface area contributed by atoms with E-state index in [0.29, 0.717) is 17.3 Å². The van der Waals surface area contributed by atoms with Gasteiger partial charge in [-0.25, -0.2) is 9.97 Å². The first-order chi connectivity index (χ1) is 11.1. The zero-order chi connectivity index (χ0) is 16.0. The molecule has 0 aromatic carbocycles. The maximum Gasteiger partial charge on any atom is 0.257 e. The van der Waals surface area contributed by atoms with Gasteiger partial charge in [0.05, 0.1) is 16.6 Å². The Labute approximate surface area is 133 Å². The SMILES string of the molecule is Cc1nn(C)c2nc(C3CC3)cc(C(=O)Nc3ccccn3)c12. The number of carbonyl (C=O) groups is 1. The number of hydrogen-bond acceptors (Lipinski definition) is 4. The summed E-state index contributed by atoms with van der Waals surface area (Å²) >= 11 is 0. The van der Waals surface area contributed by atoms with E-state index in [1.807, 2.05) is 32.2 Å². The summed E-state index contributed by atoms with van der Waals surface area (Å²) in [5.41, 5.74) is 3.17. The van der Waals surface area contributed by atoms with Crippen LogP contribution in [0.3, 0.4) is 0 Å². The van der Waals surface area contributed by atoms with Crippen LogP contribution in [0, 0.1) is 6.92 Å². The van der Waals surface area contributed by atoms with Crippen molar-refractivity contribution in [3.63, 3.8) is 0 Å². The van der Waals surface area contributed by atoms with Crippen molar-refractivity contribution in [3.8, 4) is 0 Å². The van der Waals surface area contributed by atoms with Crippen molar-refractivity contribution in [2.75, 3.05) is 5.32 Å². The number of amides is 1. The molecule has 0 unspecified atom stereocenters. The zero-order valence-corrected chi connectivity index (χ0v) is 13.1. The normalized spacial score (nSPS) is 14.2. The number of anilines is 1. The summed E-state index contributed by atoms with van der Waals surface area (Å²) in [6, 6.07) is 7.34. The van der Waals surface area contributed by atoms with Gasteiger partial charge in [0.15, 0.2) is 5.65 Å². The van der Waals surface area contributed by atoms with Gasteiger partial charge < -0.3 is 5.32 Å². The van der Waals surface area contributed by atoms with E-state index in [9.17, 15) is 4.79 Å². The third kappa shape index (κ3) is 2.46. The summed E-state index contributed by atoms with van der Waals surface area (Å²) in [6.07, 6.45) is 3.93. The van der Waals surface area contributed by atoms with Gasteiger partial charge in [0.25, 0.3) is 5.91 Å². The van der Waals surface area contributed by atoms with Gasteiger partial charge in [0.2, 0.25) is 0 Å². The largest absolute Gasteiger partial charge is 0.307 e. The number of pyridine rings is 2. The number of hydrogen-bond donors (Lipinski definition) is 1. The molecule has 1 aliphatic carbocycles. The van der Waals surface area contributed by atoms with Crippen LogP contribution in [0.4, 0.5) is 5.82 Å². The van der Waals surface area contributed by atoms with Crippen molar-refractivity contribution in [3.05, 3.63) is 47.4 Å². The van der Waals surface area contributed by atoms with E-state index < -0.39 is 0 Å². The fourth-order valence-corrected chi connectivity index (χ4v) is 2.85. The van der Waals surface area contributed by atoms with E-state index in [0.717, 1.165) is 35.3 Å². The van der Waals surface area contributed by atoms with Crippen LogP contribution in [0.5, 0.6) is 0 Å². The first kappa shape index (κ1) is 13.9. The van der Waals surface area contributed by atoms with Crippen molar-refractivity contribution >= 4 is 22.8 Å². The highest BCUT2D eigenvalue weighted by atomic mass is 16.1. The predicted octanol–water partition coefficient (Wildman–Crippen LogP) is 2.80. The first-order valence-electron chi connectivity index (χ1n) is 7.70. The lowest BCUT2D eigenvalue weighted by molar-refractivity contribution is 0.102. The maximum atomic E-state index is 12.8. The molecule has 1 saturated carbocycles. The lowest BCUT2D eigenvalue weighted by Crippen LogP contribution is -2.14. The second-order valence-corrected chi connectivity index (χ2v) is 5.95. The van der Waals surface area contributed by atoms with Crippen LogP contribution in [-0.4, -0.2) is 25.7 Å². The number of aryl methyl sites for hydroxylation is 2. The topological polar surface area (TPSA) is 72.7 Å². The zero-order valence-electron chi connectivity index (χ0n) is 13.1. The molecule has 3 aromatic heterocycles. The van der Waals surface area contributed by atoms with E-state index >= 15 is 0 Å². The molecule has 0 saturated heterocycles. The highest BCUT2D eigenvalue weighted by Gasteiger charge is 2.28. The number of fused-ring (bicyclic) bond motifs is 1. The molecule has 116 valence electrons. The van der Waals surface area contributed by atoms with Crippen molar-refractivity contribution in [1.29, 1.82) is 0 Å². The number of rotatable bonds is 3. The standard InChI is InChI=1S/C17H17N5O/c1-10-15-12(17(23)20-14-5-3-4-8-18-14)9-13(11-6-7-11)19-16(15)22(2)21-10/h3-5,8-9,11H,6-7H2,1-2H3,(H,18,20,23). The van der Waals surface area contributed by atoms with Gasteiger partial charge in [-0.2, -0.15) is 5.10 Å². The smallest absolute Gasteiger partial charge is 0.257 e. The minimum Gasteiger partial charge on any atom is -0.307 e. The Balaban J connectivity index is 1.82. The van der Waals surface area contributed by atoms with Gasteiger partial charge in [-0.15, -0.1) is 0 Å². The predicted molar refractivity (Wildman–Crippen MR) is 87.4 cm³/mol. The minimum absolute atomic E-state index is 0.172. The molecule has 4 rings (SSSR count). The Morgan fingerprint density at radius 3 is 2.87 bits per heavy atom. The summed E-state index contributed by atoms with van der Waals surface area (Å²) in [4.78, 5) is 21.6. The van der Waals surface area contributed by atoms with Crippen LogP contribution in [0.15, 0.2) is 30.5 Å². The summed E-state index contributed by atoms with van der Waals surface area (Å²) in [6.45, 7) is 1.90. The minimum atomic E-state index is -0.172. The quantitative estimate of drug-likeness (QED) is 0.807. The van der Waals surface area contributed by atoms with Gasteiger partial charge in [-0.1, -0.05) is 6.07 Å². The number of nitrogens with zero attached hydrogens (tertiary/aromatic N) is 4. The lowest BCUT2D eigenvalue weighted by atomic mass is 10.1. The van der Waals surface area contributed by atoms with Crippen molar-refractivity contribution in [2.45, 2.75) is 25.7 Å². The fourth-order valence-electron chi connectivity index (χ4n) is 2.85. The lowest BCUT2D eigenvalue weighted by Gasteiger charge is -2.08. The van der Waals surface area contributed by atoms with E-state index in [-0.39, 0.29) is 5.91 Å². The molecule has 0 atom stereocenters. The molecule has 1 N–H and O–H groups in total. The molecule has 3 aromatic rings. The average molecular weight is 307 g/mol. The summed E-state index contributed by atoms with van der Waals surface area (Å²) < 4.78 is 1.74. The summed E-state index contributed by atoms with van der Waals surface area (Å²) in [5, 5.41) is 8.09. The van der Waals surface area contributed by atoms with Gasteiger partial charge in [-0.3, -0.25) is 9.48 Å². The van der Waals surface area contributed by atoms with E-state index in [1.165, 1.54) is 0 Å². The van der Waals surface area contributed by atoms with Gasteiger partial charge in [0, 0.05) is 24.9 Å². The van der Waals surface area contributed by atoms with Crippen LogP contribution < -0.4 is 5.32 Å². The molecular formula is C17H17N5O. The molecule has 6 nitrogen and oxygen atoms in total. The third-order valence-electron chi connectivity index (χ3n) is 4.14. The molecule has 0 radical (unpaired) electrons. The molecule has 3 heterocycles. The van der Waals surface area contributed by atoms with E-state index in [1.54, 1.807) is 16.9 Å². The highest BCUT2D eigenvalue weighted by molar-refractivity contribution is 6.12. The molecule has 1 fully saturated rings. The number of carbonyl (C=O) groups excluding carboxylic acids is 1. The van der Waals surface area contributed by atoms with Crippen LogP contribution in [0.1, 0.15) is 40.5 Å². The maximum absolute atomic E-state index is 12.8. The Bertz CT molecular complexity index is 896. The van der Waals surface area contributed by atoms with E-state index in [4.69, 9.17) is 4.98 Å². The number of aromatic nitrogens is 4. The van der Waals surface area contributed by atoms with Crippen molar-refractivity contribution in [2.24, 2.45) is 7.05 Å². The monoisotopic (exact) mass is 307 g/mol. The molecule has 0 spiro atoms. The van der Waals surface area contributed by atoms with Crippen molar-refractivity contribution in [1.82, 2.24) is 19.7 Å². The second-order valence-electron chi connectivity index (χ2n) is 5.95. The van der Waals surface area contributed by atoms with Gasteiger partial charge in [0.1, 0.15) is 5.82 Å². The highest BCUT2D eigenvalue weighted by Crippen LogP contribution is 2.40. The molecule has 0 bridgehead atoms. The Hall–Kier alpha value is -2.76. The summed E-state index contributed by atoms with van der Waals surface area (Å²) in [5.74, 6) is 0.835. The van der Waals surface area contributed by atoms with Crippen LogP contribution >= 0.6 is 0 Å². The Kier molecular flexibility index (Phi) is 3.11. The Morgan fingerprint density at radius 2 is 2.17 bits per heavy atom. The van der Waals surface area contributed by atoms with Crippen LogP contribution in [-0.2, 0) is 7.05 Å². The molecule has 0 aliphatic heterocycles. The molecular weight excluding hydrogens is 290 g/mol. The molecule has 23 heavy (non-hydrogen) atoms. The van der Waals surface area contributed by atoms with Crippen LogP contribution in [0.2, 0.25) is 0 Å². The Morgan fingerprint density at radius 1 is 1.35 bits per heavy atom. The third-order valence-corrected chi connectivity index (χ3v) is 4.14. The van der Waals surface area contributed by atoms with Crippen molar-refractivity contribution < 1.29 is 4.79 Å². The first-order valence-corrected chi connectivity index (χ1v) is 7.70. The van der Waals surface area contributed by atoms with Crippen LogP contribution in [0.25, 0.3) is 11.0 Å².